The topological polar surface area (TPSA) is 32.3 Å². The minimum Gasteiger partial charge on any atom is -0.319 e. The van der Waals surface area contributed by atoms with E-state index in [0.29, 0.717) is 5.56 Å². The second-order valence-electron chi connectivity index (χ2n) is 4.94. The molecule has 3 rings (SSSR count). The molecule has 1 aromatic carbocycles. The zero-order valence-electron chi connectivity index (χ0n) is 10.1. The van der Waals surface area contributed by atoms with Crippen LogP contribution in [0.3, 0.4) is 0 Å². The van der Waals surface area contributed by atoms with Gasteiger partial charge >= 0.3 is 6.18 Å². The normalized spacial score (nSPS) is 24.1. The number of carbonyl (C=O) groups is 1. The monoisotopic (exact) mass is 270 g/mol. The van der Waals surface area contributed by atoms with Gasteiger partial charge in [-0.2, -0.15) is 13.2 Å². The summed E-state index contributed by atoms with van der Waals surface area (Å²) < 4.78 is 38.1. The first-order chi connectivity index (χ1) is 8.97. The number of benzene rings is 1. The Morgan fingerprint density at radius 3 is 2.63 bits per heavy atom. The summed E-state index contributed by atoms with van der Waals surface area (Å²) in [5.74, 6) is -0.0371. The number of alkyl halides is 3. The smallest absolute Gasteiger partial charge is 0.319 e. The Labute approximate surface area is 108 Å². The Bertz CT molecular complexity index is 511. The average Bonchev–Trinajstić information content (AvgIpc) is 3.12. The number of hydrogen-bond acceptors (Lipinski definition) is 2. The number of hydrogen-bond donors (Lipinski definition) is 1. The first kappa shape index (κ1) is 12.5. The zero-order valence-corrected chi connectivity index (χ0v) is 10.1. The Balaban J connectivity index is 1.91. The van der Waals surface area contributed by atoms with Crippen LogP contribution in [0.1, 0.15) is 30.1 Å². The third-order valence-corrected chi connectivity index (χ3v) is 3.48. The molecule has 1 saturated carbocycles. The Morgan fingerprint density at radius 1 is 1.26 bits per heavy atom. The molecule has 1 aliphatic carbocycles. The fourth-order valence-electron chi connectivity index (χ4n) is 2.45. The van der Waals surface area contributed by atoms with Crippen LogP contribution in [0.4, 0.5) is 13.2 Å². The standard InChI is InChI=1S/C13H13F3N2O/c14-13(15,16)9-3-1-2-8(6-9)12-17-7-11(19)18(12)10-4-5-10/h1-3,6,10,12,17H,4-5,7H2. The fraction of sp³-hybridized carbons (Fsp3) is 0.462. The summed E-state index contributed by atoms with van der Waals surface area (Å²) in [5.41, 5.74) is -0.186. The summed E-state index contributed by atoms with van der Waals surface area (Å²) in [7, 11) is 0. The molecular formula is C13H13F3N2O. The van der Waals surface area contributed by atoms with E-state index >= 15 is 0 Å². The van der Waals surface area contributed by atoms with Crippen molar-refractivity contribution >= 4 is 5.91 Å². The molecule has 1 amide bonds. The summed E-state index contributed by atoms with van der Waals surface area (Å²) in [4.78, 5) is 13.4. The summed E-state index contributed by atoms with van der Waals surface area (Å²) in [6, 6.07) is 5.35. The zero-order chi connectivity index (χ0) is 13.6. The lowest BCUT2D eigenvalue weighted by Gasteiger charge is -2.25. The maximum Gasteiger partial charge on any atom is 0.416 e. The molecule has 1 aromatic rings. The van der Waals surface area contributed by atoms with E-state index < -0.39 is 17.9 Å². The first-order valence-corrected chi connectivity index (χ1v) is 6.18. The van der Waals surface area contributed by atoms with E-state index in [4.69, 9.17) is 0 Å². The van der Waals surface area contributed by atoms with Crippen molar-refractivity contribution < 1.29 is 18.0 Å². The summed E-state index contributed by atoms with van der Waals surface area (Å²) in [5, 5.41) is 2.98. The highest BCUT2D eigenvalue weighted by Crippen LogP contribution is 2.37. The lowest BCUT2D eigenvalue weighted by Crippen LogP contribution is -2.32. The van der Waals surface area contributed by atoms with Crippen LogP contribution >= 0.6 is 0 Å². The third-order valence-electron chi connectivity index (χ3n) is 3.48. The summed E-state index contributed by atoms with van der Waals surface area (Å²) in [6.45, 7) is 0.192. The van der Waals surface area contributed by atoms with Gasteiger partial charge in [0.1, 0.15) is 6.17 Å². The highest BCUT2D eigenvalue weighted by atomic mass is 19.4. The van der Waals surface area contributed by atoms with Crippen molar-refractivity contribution in [3.05, 3.63) is 35.4 Å². The predicted octanol–water partition coefficient (Wildman–Crippen LogP) is 2.30. The van der Waals surface area contributed by atoms with E-state index in [0.717, 1.165) is 25.0 Å². The number of rotatable bonds is 2. The molecule has 2 fully saturated rings. The molecule has 2 aliphatic rings. The van der Waals surface area contributed by atoms with Crippen molar-refractivity contribution in [2.24, 2.45) is 0 Å². The van der Waals surface area contributed by atoms with Gasteiger partial charge in [-0.3, -0.25) is 10.1 Å². The van der Waals surface area contributed by atoms with Crippen molar-refractivity contribution in [3.8, 4) is 0 Å². The van der Waals surface area contributed by atoms with Crippen LogP contribution in [0, 0.1) is 0 Å². The number of nitrogens with one attached hydrogen (secondary N) is 1. The lowest BCUT2D eigenvalue weighted by molar-refractivity contribution is -0.137. The molecule has 1 saturated heterocycles. The van der Waals surface area contributed by atoms with Crippen molar-refractivity contribution in [1.82, 2.24) is 10.2 Å². The van der Waals surface area contributed by atoms with E-state index in [2.05, 4.69) is 5.32 Å². The average molecular weight is 270 g/mol. The van der Waals surface area contributed by atoms with Crippen LogP contribution in [-0.2, 0) is 11.0 Å². The molecule has 0 aromatic heterocycles. The van der Waals surface area contributed by atoms with Gasteiger partial charge in [-0.15, -0.1) is 0 Å². The molecule has 19 heavy (non-hydrogen) atoms. The maximum absolute atomic E-state index is 12.7. The van der Waals surface area contributed by atoms with Gasteiger partial charge in [0.25, 0.3) is 0 Å². The molecule has 0 spiro atoms. The highest BCUT2D eigenvalue weighted by Gasteiger charge is 2.42. The Morgan fingerprint density at radius 2 is 2.00 bits per heavy atom. The molecule has 6 heteroatoms. The van der Waals surface area contributed by atoms with Gasteiger partial charge in [-0.1, -0.05) is 12.1 Å². The van der Waals surface area contributed by atoms with Gasteiger partial charge in [-0.25, -0.2) is 0 Å². The SMILES string of the molecule is O=C1CNC(c2cccc(C(F)(F)F)c2)N1C1CC1. The van der Waals surface area contributed by atoms with E-state index in [1.807, 2.05) is 0 Å². The van der Waals surface area contributed by atoms with E-state index in [1.54, 1.807) is 11.0 Å². The second-order valence-corrected chi connectivity index (χ2v) is 4.94. The molecule has 1 heterocycles. The molecule has 0 radical (unpaired) electrons. The summed E-state index contributed by atoms with van der Waals surface area (Å²) >= 11 is 0. The maximum atomic E-state index is 12.7. The number of halogens is 3. The van der Waals surface area contributed by atoms with Crippen LogP contribution in [0.25, 0.3) is 0 Å². The van der Waals surface area contributed by atoms with Crippen LogP contribution in [0.5, 0.6) is 0 Å². The second kappa shape index (κ2) is 4.23. The number of nitrogens with zero attached hydrogens (tertiary/aromatic N) is 1. The van der Waals surface area contributed by atoms with Gasteiger partial charge in [0.15, 0.2) is 0 Å². The van der Waals surface area contributed by atoms with Crippen LogP contribution in [-0.4, -0.2) is 23.4 Å². The van der Waals surface area contributed by atoms with Crippen molar-refractivity contribution in [1.29, 1.82) is 0 Å². The largest absolute Gasteiger partial charge is 0.416 e. The molecule has 0 bridgehead atoms. The van der Waals surface area contributed by atoms with Crippen LogP contribution in [0.2, 0.25) is 0 Å². The van der Waals surface area contributed by atoms with Crippen molar-refractivity contribution in [2.75, 3.05) is 6.54 Å². The van der Waals surface area contributed by atoms with Gasteiger partial charge in [0.2, 0.25) is 5.91 Å². The molecule has 1 N–H and O–H groups in total. The molecular weight excluding hydrogens is 257 g/mol. The van der Waals surface area contributed by atoms with E-state index in [9.17, 15) is 18.0 Å². The molecule has 3 nitrogen and oxygen atoms in total. The predicted molar refractivity (Wildman–Crippen MR) is 62.1 cm³/mol. The number of carbonyl (C=O) groups excluding carboxylic acids is 1. The molecule has 1 unspecified atom stereocenters. The van der Waals surface area contributed by atoms with Crippen molar-refractivity contribution in [3.63, 3.8) is 0 Å². The van der Waals surface area contributed by atoms with Gasteiger partial charge < -0.3 is 4.90 Å². The highest BCUT2D eigenvalue weighted by molar-refractivity contribution is 5.81. The Kier molecular flexibility index (Phi) is 2.78. The minimum absolute atomic E-state index is 0.0371. The number of amides is 1. The first-order valence-electron chi connectivity index (χ1n) is 6.18. The van der Waals surface area contributed by atoms with E-state index in [-0.39, 0.29) is 18.5 Å². The third kappa shape index (κ3) is 2.32. The lowest BCUT2D eigenvalue weighted by atomic mass is 10.1. The van der Waals surface area contributed by atoms with Gasteiger partial charge in [0, 0.05) is 6.04 Å². The molecule has 1 aliphatic heterocycles. The minimum atomic E-state index is -4.36. The summed E-state index contributed by atoms with van der Waals surface area (Å²) in [6.07, 6.45) is -2.92. The van der Waals surface area contributed by atoms with Crippen molar-refractivity contribution in [2.45, 2.75) is 31.2 Å². The molecule has 102 valence electrons. The quantitative estimate of drug-likeness (QED) is 0.894. The fourth-order valence-corrected chi connectivity index (χ4v) is 2.45. The van der Waals surface area contributed by atoms with Crippen LogP contribution in [0.15, 0.2) is 24.3 Å². The van der Waals surface area contributed by atoms with Crippen LogP contribution < -0.4 is 5.32 Å². The Hall–Kier alpha value is -1.56. The van der Waals surface area contributed by atoms with Gasteiger partial charge in [-0.05, 0) is 30.5 Å². The van der Waals surface area contributed by atoms with E-state index in [1.165, 1.54) is 6.07 Å². The van der Waals surface area contributed by atoms with Gasteiger partial charge in [0.05, 0.1) is 12.1 Å². The molecule has 1 atom stereocenters.